The Morgan fingerprint density at radius 2 is 1.66 bits per heavy atom. The summed E-state index contributed by atoms with van der Waals surface area (Å²) in [7, 11) is -3.07. The molecule has 1 unspecified atom stereocenters. The molecule has 7 aliphatic rings. The van der Waals surface area contributed by atoms with Crippen molar-refractivity contribution in [3.63, 3.8) is 0 Å². The number of hydrogen-bond donors (Lipinski definition) is 2. The second-order valence-corrected chi connectivity index (χ2v) is 25.5. The quantitative estimate of drug-likeness (QED) is 0.158. The van der Waals surface area contributed by atoms with Gasteiger partial charge < -0.3 is 19.9 Å². The average Bonchev–Trinajstić information content (AvgIpc) is 3.61. The first-order valence-electron chi connectivity index (χ1n) is 24.6. The number of nitrogens with zero attached hydrogens (tertiary/aromatic N) is 1. The smallest absolute Gasteiger partial charge is 0.315 e. The van der Waals surface area contributed by atoms with E-state index in [1.54, 1.807) is 6.20 Å². The predicted molar refractivity (Wildman–Crippen MR) is 248 cm³/mol. The highest BCUT2D eigenvalue weighted by molar-refractivity contribution is 7.91. The van der Waals surface area contributed by atoms with Gasteiger partial charge in [-0.1, -0.05) is 65.0 Å². The van der Waals surface area contributed by atoms with Crippen molar-refractivity contribution in [3.8, 4) is 5.88 Å². The summed E-state index contributed by atoms with van der Waals surface area (Å²) < 4.78 is 36.3. The highest BCUT2D eigenvalue weighted by atomic mass is 32.2. The van der Waals surface area contributed by atoms with Crippen LogP contribution in [0, 0.1) is 56.7 Å². The van der Waals surface area contributed by atoms with Crippen molar-refractivity contribution in [2.45, 2.75) is 174 Å². The Hall–Kier alpha value is -2.49. The van der Waals surface area contributed by atoms with Gasteiger partial charge in [-0.2, -0.15) is 0 Å². The van der Waals surface area contributed by atoms with E-state index >= 15 is 0 Å². The van der Waals surface area contributed by atoms with Crippen molar-refractivity contribution in [2.75, 3.05) is 26.0 Å². The molecule has 0 aliphatic heterocycles. The summed E-state index contributed by atoms with van der Waals surface area (Å²) in [4.78, 5) is 17.9. The highest BCUT2D eigenvalue weighted by Gasteiger charge is 2.70. The first-order chi connectivity index (χ1) is 29.2. The van der Waals surface area contributed by atoms with E-state index in [0.29, 0.717) is 87.0 Å². The van der Waals surface area contributed by atoms with Gasteiger partial charge in [-0.25, -0.2) is 13.4 Å². The van der Waals surface area contributed by atoms with Crippen LogP contribution >= 0.6 is 0 Å². The standard InChI is InChI=1S/C53H80N2O6S/c1-10-60-46(56)51(35-61-44-13-11-12-33-54-44)25-16-37(17-26-51)40-21-23-48(6)42(47(40,4)5)22-24-50(8)43(48)15-14-41-45-39(36(2)3)20-29-53(45,31-30-49(41,50)7)55-34-32-52(57)27-18-38(19-28-52)62(9,58)59/h11-13,16,21,33,38-39,41-43,45,55,57H,2,10,14-15,17-20,22-32,34-35H2,1,3-9H3/t38-,39-,41+,42-,43+,45+,48-,49+,50+,51?,52-,53-/m0/s1. The molecule has 0 aromatic carbocycles. The Labute approximate surface area is 374 Å². The number of hydrogen-bond acceptors (Lipinski definition) is 8. The number of fused-ring (bicyclic) bond motifs is 7. The fraction of sp³-hybridized carbons (Fsp3) is 0.774. The number of allylic oxidation sites excluding steroid dienone is 5. The van der Waals surface area contributed by atoms with Gasteiger partial charge in [0.1, 0.15) is 21.9 Å². The molecule has 0 bridgehead atoms. The predicted octanol–water partition coefficient (Wildman–Crippen LogP) is 10.8. The Morgan fingerprint density at radius 3 is 2.31 bits per heavy atom. The Balaban J connectivity index is 1.00. The monoisotopic (exact) mass is 873 g/mol. The minimum atomic E-state index is -3.07. The van der Waals surface area contributed by atoms with Gasteiger partial charge in [0.05, 0.1) is 17.5 Å². The van der Waals surface area contributed by atoms with Gasteiger partial charge in [-0.15, -0.1) is 0 Å². The number of carbonyl (C=O) groups is 1. The normalized spacial score (nSPS) is 42.5. The van der Waals surface area contributed by atoms with E-state index in [1.165, 1.54) is 74.3 Å². The number of ether oxygens (including phenoxy) is 2. The topological polar surface area (TPSA) is 115 Å². The lowest BCUT2D eigenvalue weighted by Crippen LogP contribution is -2.68. The van der Waals surface area contributed by atoms with Crippen LogP contribution in [0.4, 0.5) is 0 Å². The largest absolute Gasteiger partial charge is 0.476 e. The molecule has 1 aromatic heterocycles. The van der Waals surface area contributed by atoms with Crippen LogP contribution in [-0.4, -0.2) is 66.9 Å². The van der Waals surface area contributed by atoms with E-state index in [-0.39, 0.29) is 45.0 Å². The molecule has 62 heavy (non-hydrogen) atoms. The summed E-state index contributed by atoms with van der Waals surface area (Å²) in [5.74, 6) is 3.28. The number of nitrogens with one attached hydrogen (secondary N) is 1. The Kier molecular flexibility index (Phi) is 12.2. The number of aliphatic hydroxyl groups is 1. The Morgan fingerprint density at radius 1 is 0.903 bits per heavy atom. The minimum Gasteiger partial charge on any atom is -0.476 e. The number of esters is 1. The fourth-order valence-corrected chi connectivity index (χ4v) is 17.5. The lowest BCUT2D eigenvalue weighted by Gasteiger charge is -2.72. The van der Waals surface area contributed by atoms with Gasteiger partial charge in [0.15, 0.2) is 0 Å². The molecule has 2 N–H and O–H groups in total. The minimum absolute atomic E-state index is 0.0164. The number of sulfone groups is 1. The number of aromatic nitrogens is 1. The maximum atomic E-state index is 13.6. The first-order valence-corrected chi connectivity index (χ1v) is 26.6. The van der Waals surface area contributed by atoms with Crippen LogP contribution < -0.4 is 10.1 Å². The molecule has 0 saturated heterocycles. The van der Waals surface area contributed by atoms with Crippen molar-refractivity contribution in [1.82, 2.24) is 10.3 Å². The average molecular weight is 873 g/mol. The summed E-state index contributed by atoms with van der Waals surface area (Å²) >= 11 is 0. The van der Waals surface area contributed by atoms with Crippen LogP contribution in [0.1, 0.15) is 158 Å². The molecule has 7 aliphatic carbocycles. The molecule has 0 radical (unpaired) electrons. The van der Waals surface area contributed by atoms with Gasteiger partial charge in [0.2, 0.25) is 5.88 Å². The summed E-state index contributed by atoms with van der Waals surface area (Å²) in [6, 6.07) is 5.62. The molecule has 9 heteroatoms. The lowest BCUT2D eigenvalue weighted by atomic mass is 9.33. The third kappa shape index (κ3) is 7.59. The Bertz CT molecular complexity index is 2040. The van der Waals surface area contributed by atoms with Crippen LogP contribution in [0.15, 0.2) is 59.8 Å². The maximum Gasteiger partial charge on any atom is 0.315 e. The first kappa shape index (κ1) is 46.1. The zero-order valence-corrected chi connectivity index (χ0v) is 40.4. The highest BCUT2D eigenvalue weighted by Crippen LogP contribution is 2.76. The van der Waals surface area contributed by atoms with Crippen molar-refractivity contribution < 1.29 is 27.8 Å². The van der Waals surface area contributed by atoms with Gasteiger partial charge in [0, 0.05) is 24.1 Å². The molecule has 0 amide bonds. The molecule has 8 rings (SSSR count). The van der Waals surface area contributed by atoms with E-state index < -0.39 is 20.9 Å². The summed E-state index contributed by atoms with van der Waals surface area (Å²) in [6.07, 6.45) is 24.1. The van der Waals surface area contributed by atoms with Gasteiger partial charge in [0.25, 0.3) is 0 Å². The molecular weight excluding hydrogens is 793 g/mol. The van der Waals surface area contributed by atoms with Gasteiger partial charge in [-0.05, 0) is 198 Å². The molecule has 344 valence electrons. The summed E-state index contributed by atoms with van der Waals surface area (Å²) in [5.41, 5.74) is 3.50. The van der Waals surface area contributed by atoms with Crippen molar-refractivity contribution in [3.05, 3.63) is 59.8 Å². The van der Waals surface area contributed by atoms with E-state index in [2.05, 4.69) is 70.6 Å². The van der Waals surface area contributed by atoms with E-state index in [9.17, 15) is 18.3 Å². The van der Waals surface area contributed by atoms with E-state index in [0.717, 1.165) is 19.4 Å². The maximum absolute atomic E-state index is 13.6. The molecule has 8 nitrogen and oxygen atoms in total. The van der Waals surface area contributed by atoms with Crippen LogP contribution in [0.2, 0.25) is 0 Å². The van der Waals surface area contributed by atoms with Crippen molar-refractivity contribution in [2.24, 2.45) is 56.7 Å². The third-order valence-corrected chi connectivity index (χ3v) is 21.7. The van der Waals surface area contributed by atoms with Crippen molar-refractivity contribution >= 4 is 15.8 Å². The molecular formula is C53H80N2O6S. The number of pyridine rings is 1. The van der Waals surface area contributed by atoms with Gasteiger partial charge in [-0.3, -0.25) is 4.79 Å². The number of carbonyl (C=O) groups excluding carboxylic acids is 1. The van der Waals surface area contributed by atoms with E-state index in [1.807, 2.05) is 25.1 Å². The second-order valence-electron chi connectivity index (χ2n) is 23.2. The zero-order chi connectivity index (χ0) is 44.6. The molecule has 0 spiro atoms. The molecule has 10 atom stereocenters. The molecule has 1 heterocycles. The van der Waals surface area contributed by atoms with Crippen LogP contribution in [0.25, 0.3) is 0 Å². The molecule has 1 aromatic rings. The lowest BCUT2D eigenvalue weighted by molar-refractivity contribution is -0.221. The molecule has 5 fully saturated rings. The summed E-state index contributed by atoms with van der Waals surface area (Å²) in [5, 5.41) is 15.5. The SMILES string of the molecule is C=C(C)[C@@H]1CC[C@]2(NCC[C@]3(O)CC[C@H](S(C)(=O)=O)CC3)CC[C@]3(C)[C@H](CC[C@@H]4[C@@]5(C)CC=C(C6=CCC(COc7ccccn7)(C(=O)OCC)CC6)C(C)(C)[C@@H]5CC[C@]43C)[C@@H]12. The van der Waals surface area contributed by atoms with Crippen LogP contribution in [0.5, 0.6) is 5.88 Å². The van der Waals surface area contributed by atoms with Crippen molar-refractivity contribution in [1.29, 1.82) is 0 Å². The number of rotatable bonds is 12. The summed E-state index contributed by atoms with van der Waals surface area (Å²) in [6.45, 7) is 23.3. The molecule has 5 saturated carbocycles. The zero-order valence-electron chi connectivity index (χ0n) is 39.6. The fourth-order valence-electron chi connectivity index (χ4n) is 16.4. The van der Waals surface area contributed by atoms with Crippen LogP contribution in [-0.2, 0) is 19.4 Å². The van der Waals surface area contributed by atoms with Crippen LogP contribution in [0.3, 0.4) is 0 Å². The third-order valence-electron chi connectivity index (χ3n) is 20.0. The van der Waals surface area contributed by atoms with E-state index in [4.69, 9.17) is 9.47 Å². The van der Waals surface area contributed by atoms with Gasteiger partial charge >= 0.3 is 5.97 Å². The second kappa shape index (κ2) is 16.4.